The third-order valence-corrected chi connectivity index (χ3v) is 3.62. The van der Waals surface area contributed by atoms with Gasteiger partial charge in [-0.05, 0) is 24.0 Å². The molecule has 1 amide bonds. The number of ether oxygens (including phenoxy) is 1. The maximum atomic E-state index is 12.1. The molecule has 1 aromatic carbocycles. The van der Waals surface area contributed by atoms with Crippen LogP contribution in [0.15, 0.2) is 24.4 Å². The zero-order valence-corrected chi connectivity index (χ0v) is 14.7. The zero-order valence-electron chi connectivity index (χ0n) is 14.7. The normalized spacial score (nSPS) is 11.0. The van der Waals surface area contributed by atoms with Crippen LogP contribution >= 0.6 is 0 Å². The van der Waals surface area contributed by atoms with Gasteiger partial charge in [0.2, 0.25) is 0 Å². The lowest BCUT2D eigenvalue weighted by Crippen LogP contribution is -2.23. The average molecular weight is 326 g/mol. The van der Waals surface area contributed by atoms with Crippen molar-refractivity contribution in [3.63, 3.8) is 0 Å². The van der Waals surface area contributed by atoms with E-state index in [1.807, 2.05) is 25.1 Å². The predicted octanol–water partition coefficient (Wildman–Crippen LogP) is 2.92. The van der Waals surface area contributed by atoms with Crippen LogP contribution in [0.2, 0.25) is 0 Å². The summed E-state index contributed by atoms with van der Waals surface area (Å²) in [7, 11) is 1.66. The van der Waals surface area contributed by atoms with Crippen LogP contribution < -0.4 is 10.1 Å². The van der Waals surface area contributed by atoms with Crippen LogP contribution in [-0.2, 0) is 17.3 Å². The van der Waals surface area contributed by atoms with E-state index in [0.717, 1.165) is 11.1 Å². The van der Waals surface area contributed by atoms with Crippen molar-refractivity contribution in [2.24, 2.45) is 7.05 Å². The smallest absolute Gasteiger partial charge is 0.263 e. The van der Waals surface area contributed by atoms with E-state index >= 15 is 0 Å². The van der Waals surface area contributed by atoms with Crippen LogP contribution in [0.25, 0.3) is 0 Å². The van der Waals surface area contributed by atoms with Gasteiger partial charge in [0.05, 0.1) is 6.20 Å². The van der Waals surface area contributed by atoms with Crippen molar-refractivity contribution >= 4 is 11.7 Å². The van der Waals surface area contributed by atoms with Crippen LogP contribution in [0, 0.1) is 18.3 Å². The molecule has 24 heavy (non-hydrogen) atoms. The Balaban J connectivity index is 2.10. The standard InChI is InChI=1S/C18H22N4O2/c1-12-6-7-15(14(8-12)18(2,3)4)24-11-16(23)21-17-13(9-19)10-20-22(17)5/h6-8,10H,11H2,1-5H3,(H,21,23). The highest BCUT2D eigenvalue weighted by Gasteiger charge is 2.20. The van der Waals surface area contributed by atoms with Crippen molar-refractivity contribution in [1.29, 1.82) is 5.26 Å². The van der Waals surface area contributed by atoms with Crippen LogP contribution in [0.3, 0.4) is 0 Å². The number of rotatable bonds is 4. The van der Waals surface area contributed by atoms with E-state index in [9.17, 15) is 4.79 Å². The summed E-state index contributed by atoms with van der Waals surface area (Å²) in [5.74, 6) is 0.718. The number of carbonyl (C=O) groups is 1. The third kappa shape index (κ3) is 3.93. The second-order valence-electron chi connectivity index (χ2n) is 6.73. The summed E-state index contributed by atoms with van der Waals surface area (Å²) in [6, 6.07) is 7.90. The van der Waals surface area contributed by atoms with Crippen LogP contribution in [0.1, 0.15) is 37.5 Å². The van der Waals surface area contributed by atoms with E-state index in [4.69, 9.17) is 10.00 Å². The fourth-order valence-electron chi connectivity index (χ4n) is 2.33. The second kappa shape index (κ2) is 6.75. The molecular formula is C18H22N4O2. The Morgan fingerprint density at radius 3 is 2.75 bits per heavy atom. The number of carbonyl (C=O) groups excluding carboxylic acids is 1. The predicted molar refractivity (Wildman–Crippen MR) is 91.9 cm³/mol. The summed E-state index contributed by atoms with van der Waals surface area (Å²) < 4.78 is 7.17. The molecule has 1 aromatic heterocycles. The van der Waals surface area contributed by atoms with Gasteiger partial charge in [0.25, 0.3) is 5.91 Å². The summed E-state index contributed by atoms with van der Waals surface area (Å²) in [5, 5.41) is 15.6. The molecule has 6 nitrogen and oxygen atoms in total. The van der Waals surface area contributed by atoms with E-state index in [1.54, 1.807) is 7.05 Å². The quantitative estimate of drug-likeness (QED) is 0.937. The highest BCUT2D eigenvalue weighted by Crippen LogP contribution is 2.32. The monoisotopic (exact) mass is 326 g/mol. The summed E-state index contributed by atoms with van der Waals surface area (Å²) in [5.41, 5.74) is 2.42. The highest BCUT2D eigenvalue weighted by molar-refractivity contribution is 5.92. The Morgan fingerprint density at radius 2 is 2.12 bits per heavy atom. The molecule has 0 saturated heterocycles. The number of aromatic nitrogens is 2. The van der Waals surface area contributed by atoms with E-state index in [1.165, 1.54) is 10.9 Å². The van der Waals surface area contributed by atoms with Crippen molar-refractivity contribution in [3.8, 4) is 11.8 Å². The molecule has 0 spiro atoms. The first-order chi connectivity index (χ1) is 11.2. The van der Waals surface area contributed by atoms with Gasteiger partial charge in [0.1, 0.15) is 23.2 Å². The molecule has 1 heterocycles. The van der Waals surface area contributed by atoms with Crippen molar-refractivity contribution < 1.29 is 9.53 Å². The molecular weight excluding hydrogens is 304 g/mol. The Hall–Kier alpha value is -2.81. The molecule has 0 aliphatic carbocycles. The molecule has 6 heteroatoms. The van der Waals surface area contributed by atoms with Gasteiger partial charge < -0.3 is 10.1 Å². The molecule has 0 unspecified atom stereocenters. The lowest BCUT2D eigenvalue weighted by atomic mass is 9.85. The maximum Gasteiger partial charge on any atom is 0.263 e. The summed E-state index contributed by atoms with van der Waals surface area (Å²) >= 11 is 0. The number of anilines is 1. The van der Waals surface area contributed by atoms with Gasteiger partial charge in [0, 0.05) is 7.05 Å². The minimum Gasteiger partial charge on any atom is -0.483 e. The third-order valence-electron chi connectivity index (χ3n) is 3.62. The van der Waals surface area contributed by atoms with Gasteiger partial charge in [-0.2, -0.15) is 10.4 Å². The Kier molecular flexibility index (Phi) is 4.93. The first-order valence-corrected chi connectivity index (χ1v) is 7.68. The molecule has 0 aliphatic heterocycles. The van der Waals surface area contributed by atoms with Crippen molar-refractivity contribution in [2.45, 2.75) is 33.1 Å². The largest absolute Gasteiger partial charge is 0.483 e. The van der Waals surface area contributed by atoms with E-state index in [-0.39, 0.29) is 17.9 Å². The Morgan fingerprint density at radius 1 is 1.42 bits per heavy atom. The molecule has 2 rings (SSSR count). The Labute approximate surface area is 142 Å². The highest BCUT2D eigenvalue weighted by atomic mass is 16.5. The first kappa shape index (κ1) is 17.5. The number of nitrogens with one attached hydrogen (secondary N) is 1. The topological polar surface area (TPSA) is 79.9 Å². The number of nitriles is 1. The molecule has 0 aliphatic rings. The summed E-state index contributed by atoms with van der Waals surface area (Å²) in [6.45, 7) is 8.19. The number of aryl methyl sites for hydroxylation is 2. The number of amides is 1. The van der Waals surface area contributed by atoms with Crippen molar-refractivity contribution in [3.05, 3.63) is 41.1 Å². The Bertz CT molecular complexity index is 794. The SMILES string of the molecule is Cc1ccc(OCC(=O)Nc2c(C#N)cnn2C)c(C(C)(C)C)c1. The molecule has 2 aromatic rings. The lowest BCUT2D eigenvalue weighted by Gasteiger charge is -2.23. The van der Waals surface area contributed by atoms with Gasteiger partial charge in [0.15, 0.2) is 6.61 Å². The van der Waals surface area contributed by atoms with E-state index in [2.05, 4.69) is 37.3 Å². The van der Waals surface area contributed by atoms with Gasteiger partial charge >= 0.3 is 0 Å². The molecule has 0 radical (unpaired) electrons. The van der Waals surface area contributed by atoms with E-state index in [0.29, 0.717) is 17.1 Å². The number of hydrogen-bond donors (Lipinski definition) is 1. The molecule has 0 saturated carbocycles. The molecule has 0 fully saturated rings. The minimum absolute atomic E-state index is 0.0894. The summed E-state index contributed by atoms with van der Waals surface area (Å²) in [6.07, 6.45) is 1.41. The zero-order chi connectivity index (χ0) is 17.9. The van der Waals surface area contributed by atoms with Gasteiger partial charge in [-0.3, -0.25) is 9.48 Å². The minimum atomic E-state index is -0.337. The van der Waals surface area contributed by atoms with Crippen LogP contribution in [-0.4, -0.2) is 22.3 Å². The van der Waals surface area contributed by atoms with Crippen molar-refractivity contribution in [2.75, 3.05) is 11.9 Å². The fraction of sp³-hybridized carbons (Fsp3) is 0.389. The van der Waals surface area contributed by atoms with Gasteiger partial charge in [-0.25, -0.2) is 0 Å². The van der Waals surface area contributed by atoms with Crippen LogP contribution in [0.4, 0.5) is 5.82 Å². The van der Waals surface area contributed by atoms with Crippen molar-refractivity contribution in [1.82, 2.24) is 9.78 Å². The maximum absolute atomic E-state index is 12.1. The average Bonchev–Trinajstić information content (AvgIpc) is 2.85. The first-order valence-electron chi connectivity index (χ1n) is 7.68. The van der Waals surface area contributed by atoms with Gasteiger partial charge in [-0.1, -0.05) is 38.5 Å². The second-order valence-corrected chi connectivity index (χ2v) is 6.73. The van der Waals surface area contributed by atoms with Crippen LogP contribution in [0.5, 0.6) is 5.75 Å². The van der Waals surface area contributed by atoms with Gasteiger partial charge in [-0.15, -0.1) is 0 Å². The molecule has 0 bridgehead atoms. The molecule has 126 valence electrons. The molecule has 0 atom stereocenters. The number of nitrogens with zero attached hydrogens (tertiary/aromatic N) is 3. The lowest BCUT2D eigenvalue weighted by molar-refractivity contribution is -0.118. The summed E-state index contributed by atoms with van der Waals surface area (Å²) in [4.78, 5) is 12.1. The van der Waals surface area contributed by atoms with E-state index < -0.39 is 0 Å². The number of benzene rings is 1. The number of hydrogen-bond acceptors (Lipinski definition) is 4. The fourth-order valence-corrected chi connectivity index (χ4v) is 2.33. The molecule has 1 N–H and O–H groups in total.